The van der Waals surface area contributed by atoms with Crippen LogP contribution >= 0.6 is 0 Å². The van der Waals surface area contributed by atoms with Gasteiger partial charge in [0.05, 0.1) is 6.61 Å². The van der Waals surface area contributed by atoms with E-state index < -0.39 is 48.1 Å². The van der Waals surface area contributed by atoms with E-state index in [0.29, 0.717) is 6.20 Å². The Bertz CT molecular complexity index is 684. The summed E-state index contributed by atoms with van der Waals surface area (Å²) in [6.45, 7) is 0.146. The van der Waals surface area contributed by atoms with Gasteiger partial charge in [-0.2, -0.15) is 13.2 Å². The molecule has 4 N–H and O–H groups in total. The number of ether oxygens (including phenoxy) is 1. The number of aryl methyl sites for hydroxylation is 1. The highest BCUT2D eigenvalue weighted by atomic mass is 19.4. The normalized spacial score (nSPS) is 32.4. The van der Waals surface area contributed by atoms with E-state index >= 15 is 0 Å². The number of H-pyrrole nitrogens is 1. The van der Waals surface area contributed by atoms with Gasteiger partial charge in [0.15, 0.2) is 0 Å². The maximum atomic E-state index is 13.5. The van der Waals surface area contributed by atoms with Crippen LogP contribution in [0.25, 0.3) is 0 Å². The van der Waals surface area contributed by atoms with E-state index in [4.69, 9.17) is 5.11 Å². The lowest BCUT2D eigenvalue weighted by Gasteiger charge is -2.35. The van der Waals surface area contributed by atoms with E-state index in [0.717, 1.165) is 6.92 Å². The predicted octanol–water partition coefficient (Wildman–Crippen LogP) is -1.83. The molecule has 0 aromatic carbocycles. The maximum Gasteiger partial charge on any atom is 0.440 e. The van der Waals surface area contributed by atoms with E-state index in [2.05, 4.69) is 4.74 Å². The number of aliphatic hydroxyl groups excluding tert-OH is 3. The number of nitrogens with one attached hydrogen (secondary N) is 1. The zero-order valence-electron chi connectivity index (χ0n) is 11.2. The fraction of sp³-hybridized carbons (Fsp3) is 0.636. The average Bonchev–Trinajstić information content (AvgIpc) is 2.67. The van der Waals surface area contributed by atoms with Crippen LogP contribution in [-0.2, 0) is 10.5 Å². The van der Waals surface area contributed by atoms with E-state index in [1.165, 1.54) is 0 Å². The molecular weight excluding hydrogens is 313 g/mol. The van der Waals surface area contributed by atoms with Gasteiger partial charge in [-0.25, -0.2) is 4.79 Å². The first kappa shape index (κ1) is 16.7. The number of halogens is 3. The van der Waals surface area contributed by atoms with Crippen molar-refractivity contribution in [3.8, 4) is 0 Å². The number of alkyl halides is 3. The van der Waals surface area contributed by atoms with Crippen molar-refractivity contribution in [1.29, 1.82) is 0 Å². The molecule has 0 saturated carbocycles. The number of nitrogens with zero attached hydrogens (tertiary/aromatic N) is 1. The van der Waals surface area contributed by atoms with Crippen LogP contribution in [-0.4, -0.2) is 56.0 Å². The summed E-state index contributed by atoms with van der Waals surface area (Å²) >= 11 is 0. The molecule has 1 aromatic rings. The molecule has 0 spiro atoms. The molecule has 0 bridgehead atoms. The molecule has 124 valence electrons. The van der Waals surface area contributed by atoms with Crippen LogP contribution in [0.5, 0.6) is 0 Å². The molecule has 1 aliphatic heterocycles. The van der Waals surface area contributed by atoms with Crippen LogP contribution in [0.4, 0.5) is 13.2 Å². The van der Waals surface area contributed by atoms with Crippen LogP contribution in [0.15, 0.2) is 15.8 Å². The van der Waals surface area contributed by atoms with E-state index in [1.54, 1.807) is 4.98 Å². The minimum Gasteiger partial charge on any atom is -0.394 e. The Labute approximate surface area is 120 Å². The minimum absolute atomic E-state index is 0.0344. The molecular formula is C11H13F3N2O6. The molecule has 1 aliphatic rings. The maximum absolute atomic E-state index is 13.5. The third kappa shape index (κ3) is 2.17. The van der Waals surface area contributed by atoms with Crippen LogP contribution in [0.3, 0.4) is 0 Å². The topological polar surface area (TPSA) is 125 Å². The summed E-state index contributed by atoms with van der Waals surface area (Å²) in [5.74, 6) is 0. The lowest BCUT2D eigenvalue weighted by atomic mass is 10.0. The second-order valence-corrected chi connectivity index (χ2v) is 4.91. The summed E-state index contributed by atoms with van der Waals surface area (Å²) in [4.78, 5) is 24.7. The highest BCUT2D eigenvalue weighted by Gasteiger charge is 2.70. The number of aliphatic hydroxyl groups is 3. The van der Waals surface area contributed by atoms with Gasteiger partial charge in [-0.05, 0) is 6.92 Å². The number of hydrogen-bond acceptors (Lipinski definition) is 6. The molecule has 1 saturated heterocycles. The SMILES string of the molecule is Cc1cn([C@]2(C(F)(F)F)O[C@H](CO)[C@@H](O)[C@H]2O)c(=O)[nH]c1=O. The summed E-state index contributed by atoms with van der Waals surface area (Å²) in [5, 5.41) is 28.4. The van der Waals surface area contributed by atoms with Gasteiger partial charge >= 0.3 is 11.9 Å². The molecule has 0 aliphatic carbocycles. The number of hydrogen-bond donors (Lipinski definition) is 4. The quantitative estimate of drug-likeness (QED) is 0.507. The van der Waals surface area contributed by atoms with Crippen molar-refractivity contribution in [3.05, 3.63) is 32.6 Å². The second-order valence-electron chi connectivity index (χ2n) is 4.91. The molecule has 1 fully saturated rings. The summed E-state index contributed by atoms with van der Waals surface area (Å²) in [6.07, 6.45) is -11.1. The Morgan fingerprint density at radius 2 is 2.00 bits per heavy atom. The van der Waals surface area contributed by atoms with Crippen LogP contribution < -0.4 is 11.2 Å². The summed E-state index contributed by atoms with van der Waals surface area (Å²) in [5.41, 5.74) is -6.23. The largest absolute Gasteiger partial charge is 0.440 e. The van der Waals surface area contributed by atoms with Crippen molar-refractivity contribution < 1.29 is 33.2 Å². The lowest BCUT2D eigenvalue weighted by Crippen LogP contribution is -2.60. The molecule has 2 heterocycles. The van der Waals surface area contributed by atoms with Gasteiger partial charge in [0.25, 0.3) is 11.3 Å². The average molecular weight is 326 g/mol. The molecule has 2 rings (SSSR count). The Balaban J connectivity index is 2.76. The van der Waals surface area contributed by atoms with Crippen LogP contribution in [0, 0.1) is 6.92 Å². The monoisotopic (exact) mass is 326 g/mol. The first-order valence-electron chi connectivity index (χ1n) is 6.11. The lowest BCUT2D eigenvalue weighted by molar-refractivity contribution is -0.333. The Hall–Kier alpha value is -1.69. The summed E-state index contributed by atoms with van der Waals surface area (Å²) in [7, 11) is 0. The molecule has 0 amide bonds. The molecule has 0 unspecified atom stereocenters. The van der Waals surface area contributed by atoms with Crippen LogP contribution in [0.1, 0.15) is 5.56 Å². The van der Waals surface area contributed by atoms with Gasteiger partial charge in [-0.1, -0.05) is 0 Å². The first-order chi connectivity index (χ1) is 10.1. The predicted molar refractivity (Wildman–Crippen MR) is 64.1 cm³/mol. The van der Waals surface area contributed by atoms with Crippen LogP contribution in [0.2, 0.25) is 0 Å². The highest BCUT2D eigenvalue weighted by molar-refractivity contribution is 5.09. The molecule has 4 atom stereocenters. The summed E-state index contributed by atoms with van der Waals surface area (Å²) in [6, 6.07) is 0. The van der Waals surface area contributed by atoms with Gasteiger partial charge in [0.1, 0.15) is 18.3 Å². The smallest absolute Gasteiger partial charge is 0.394 e. The van der Waals surface area contributed by atoms with Gasteiger partial charge in [0.2, 0.25) is 0 Å². The minimum atomic E-state index is -5.31. The second kappa shape index (κ2) is 5.19. The third-order valence-electron chi connectivity index (χ3n) is 3.50. The standard InChI is InChI=1S/C11H13F3N2O6/c1-4-2-16(9(21)15-8(4)20)10(11(12,13)14)7(19)6(18)5(3-17)22-10/h2,5-7,17-19H,3H2,1H3,(H,15,20,21)/t5-,6-,7-,10+/m1/s1. The van der Waals surface area contributed by atoms with Crippen molar-refractivity contribution in [2.75, 3.05) is 6.61 Å². The van der Waals surface area contributed by atoms with Crippen molar-refractivity contribution in [2.24, 2.45) is 0 Å². The number of aromatic amines is 1. The number of aromatic nitrogens is 2. The highest BCUT2D eigenvalue weighted by Crippen LogP contribution is 2.46. The third-order valence-corrected chi connectivity index (χ3v) is 3.50. The number of rotatable bonds is 2. The molecule has 22 heavy (non-hydrogen) atoms. The van der Waals surface area contributed by atoms with E-state index in [1.807, 2.05) is 0 Å². The summed E-state index contributed by atoms with van der Waals surface area (Å²) < 4.78 is 45.1. The fourth-order valence-corrected chi connectivity index (χ4v) is 2.33. The van der Waals surface area contributed by atoms with Crippen molar-refractivity contribution >= 4 is 0 Å². The zero-order chi connectivity index (χ0) is 16.9. The van der Waals surface area contributed by atoms with Gasteiger partial charge in [-0.3, -0.25) is 14.3 Å². The van der Waals surface area contributed by atoms with E-state index in [9.17, 15) is 33.0 Å². The fourth-order valence-electron chi connectivity index (χ4n) is 2.33. The first-order valence-corrected chi connectivity index (χ1v) is 6.11. The molecule has 11 heteroatoms. The van der Waals surface area contributed by atoms with Crippen molar-refractivity contribution in [1.82, 2.24) is 9.55 Å². The van der Waals surface area contributed by atoms with Gasteiger partial charge in [0, 0.05) is 11.8 Å². The molecule has 1 aromatic heterocycles. The molecule has 0 radical (unpaired) electrons. The van der Waals surface area contributed by atoms with Gasteiger partial charge < -0.3 is 20.1 Å². The van der Waals surface area contributed by atoms with E-state index in [-0.39, 0.29) is 10.1 Å². The molecule has 8 nitrogen and oxygen atoms in total. The Morgan fingerprint density at radius 1 is 1.41 bits per heavy atom. The van der Waals surface area contributed by atoms with Crippen molar-refractivity contribution in [3.63, 3.8) is 0 Å². The van der Waals surface area contributed by atoms with Crippen molar-refractivity contribution in [2.45, 2.75) is 37.1 Å². The van der Waals surface area contributed by atoms with Gasteiger partial charge in [-0.15, -0.1) is 0 Å². The zero-order valence-corrected chi connectivity index (χ0v) is 11.2. The Kier molecular flexibility index (Phi) is 3.94. The Morgan fingerprint density at radius 3 is 2.45 bits per heavy atom.